The van der Waals surface area contributed by atoms with Crippen molar-refractivity contribution in [1.82, 2.24) is 0 Å². The summed E-state index contributed by atoms with van der Waals surface area (Å²) in [6.45, 7) is 0. The Hall–Kier alpha value is -2.87. The lowest BCUT2D eigenvalue weighted by molar-refractivity contribution is 0.0600. The molecular formula is C15H10FNO3. The Kier molecular flexibility index (Phi) is 3.96. The van der Waals surface area contributed by atoms with E-state index in [4.69, 9.17) is 10.00 Å². The van der Waals surface area contributed by atoms with Gasteiger partial charge in [0.2, 0.25) is 0 Å². The number of nitriles is 1. The van der Waals surface area contributed by atoms with Crippen LogP contribution in [0.25, 0.3) is 0 Å². The molecule has 0 amide bonds. The van der Waals surface area contributed by atoms with Crippen molar-refractivity contribution in [3.05, 3.63) is 59.4 Å². The average molecular weight is 271 g/mol. The first kappa shape index (κ1) is 13.6. The summed E-state index contributed by atoms with van der Waals surface area (Å²) >= 11 is 0. The van der Waals surface area contributed by atoms with E-state index in [2.05, 4.69) is 4.74 Å². The second kappa shape index (κ2) is 5.85. The SMILES string of the molecule is COC(=O)c1ccc(Oc2cccc(F)c2C#N)cc1. The Morgan fingerprint density at radius 2 is 1.90 bits per heavy atom. The van der Waals surface area contributed by atoms with Crippen molar-refractivity contribution in [3.63, 3.8) is 0 Å². The average Bonchev–Trinajstić information content (AvgIpc) is 2.47. The van der Waals surface area contributed by atoms with Crippen molar-refractivity contribution in [2.75, 3.05) is 7.11 Å². The molecule has 0 radical (unpaired) electrons. The lowest BCUT2D eigenvalue weighted by atomic mass is 10.2. The molecule has 20 heavy (non-hydrogen) atoms. The molecule has 2 rings (SSSR count). The van der Waals surface area contributed by atoms with Gasteiger partial charge in [-0.1, -0.05) is 6.07 Å². The van der Waals surface area contributed by atoms with Crippen LogP contribution in [0.3, 0.4) is 0 Å². The van der Waals surface area contributed by atoms with Gasteiger partial charge in [-0.2, -0.15) is 5.26 Å². The second-order valence-electron chi connectivity index (χ2n) is 3.84. The lowest BCUT2D eigenvalue weighted by Crippen LogP contribution is -2.00. The maximum Gasteiger partial charge on any atom is 0.337 e. The summed E-state index contributed by atoms with van der Waals surface area (Å²) in [6.07, 6.45) is 0. The van der Waals surface area contributed by atoms with Gasteiger partial charge in [0.25, 0.3) is 0 Å². The van der Waals surface area contributed by atoms with Gasteiger partial charge in [0, 0.05) is 0 Å². The highest BCUT2D eigenvalue weighted by Crippen LogP contribution is 2.26. The first-order valence-corrected chi connectivity index (χ1v) is 5.70. The van der Waals surface area contributed by atoms with Gasteiger partial charge < -0.3 is 9.47 Å². The molecule has 0 aliphatic heterocycles. The topological polar surface area (TPSA) is 59.3 Å². The number of benzene rings is 2. The van der Waals surface area contributed by atoms with E-state index in [-0.39, 0.29) is 11.3 Å². The minimum absolute atomic E-state index is 0.123. The Balaban J connectivity index is 2.25. The molecule has 0 N–H and O–H groups in total. The van der Waals surface area contributed by atoms with Crippen LogP contribution in [0.2, 0.25) is 0 Å². The normalized spacial score (nSPS) is 9.65. The Bertz CT molecular complexity index is 675. The quantitative estimate of drug-likeness (QED) is 0.804. The zero-order chi connectivity index (χ0) is 14.5. The predicted molar refractivity (Wildman–Crippen MR) is 69.0 cm³/mol. The molecule has 5 heteroatoms. The molecule has 0 saturated heterocycles. The Morgan fingerprint density at radius 1 is 1.20 bits per heavy atom. The molecule has 0 spiro atoms. The van der Waals surface area contributed by atoms with Gasteiger partial charge in [-0.3, -0.25) is 0 Å². The largest absolute Gasteiger partial charge is 0.465 e. The maximum atomic E-state index is 13.4. The van der Waals surface area contributed by atoms with E-state index in [1.807, 2.05) is 0 Å². The molecule has 0 fully saturated rings. The van der Waals surface area contributed by atoms with Gasteiger partial charge in [0.05, 0.1) is 12.7 Å². The van der Waals surface area contributed by atoms with Crippen LogP contribution in [0.5, 0.6) is 11.5 Å². The molecular weight excluding hydrogens is 261 g/mol. The third kappa shape index (κ3) is 2.75. The highest BCUT2D eigenvalue weighted by atomic mass is 19.1. The minimum atomic E-state index is -0.642. The number of carbonyl (C=O) groups is 1. The van der Waals surface area contributed by atoms with Crippen LogP contribution in [-0.4, -0.2) is 13.1 Å². The third-order valence-corrected chi connectivity index (χ3v) is 2.59. The third-order valence-electron chi connectivity index (χ3n) is 2.59. The highest BCUT2D eigenvalue weighted by molar-refractivity contribution is 5.89. The molecule has 0 aromatic heterocycles. The smallest absolute Gasteiger partial charge is 0.337 e. The number of halogens is 1. The minimum Gasteiger partial charge on any atom is -0.465 e. The fraction of sp³-hybridized carbons (Fsp3) is 0.0667. The summed E-state index contributed by atoms with van der Waals surface area (Å²) in [7, 11) is 1.29. The molecule has 0 heterocycles. The van der Waals surface area contributed by atoms with Crippen LogP contribution in [-0.2, 0) is 4.74 Å². The van der Waals surface area contributed by atoms with Crippen molar-refractivity contribution in [2.45, 2.75) is 0 Å². The molecule has 0 aliphatic rings. The van der Waals surface area contributed by atoms with Crippen LogP contribution in [0.15, 0.2) is 42.5 Å². The predicted octanol–water partition coefficient (Wildman–Crippen LogP) is 3.28. The fourth-order valence-electron chi connectivity index (χ4n) is 1.60. The fourth-order valence-corrected chi connectivity index (χ4v) is 1.60. The summed E-state index contributed by atoms with van der Waals surface area (Å²) in [5, 5.41) is 8.89. The van der Waals surface area contributed by atoms with Crippen molar-refractivity contribution >= 4 is 5.97 Å². The van der Waals surface area contributed by atoms with Gasteiger partial charge in [0.1, 0.15) is 28.9 Å². The van der Waals surface area contributed by atoms with Crippen LogP contribution in [0.4, 0.5) is 4.39 Å². The molecule has 0 unspecified atom stereocenters. The molecule has 4 nitrogen and oxygen atoms in total. The Labute approximate surface area is 115 Å². The monoisotopic (exact) mass is 271 g/mol. The number of rotatable bonds is 3. The zero-order valence-corrected chi connectivity index (χ0v) is 10.6. The van der Waals surface area contributed by atoms with Crippen LogP contribution < -0.4 is 4.74 Å². The van der Waals surface area contributed by atoms with E-state index in [0.29, 0.717) is 11.3 Å². The van der Waals surface area contributed by atoms with Crippen molar-refractivity contribution in [2.24, 2.45) is 0 Å². The van der Waals surface area contributed by atoms with Gasteiger partial charge in [-0.15, -0.1) is 0 Å². The molecule has 0 saturated carbocycles. The van der Waals surface area contributed by atoms with E-state index in [1.165, 1.54) is 49.6 Å². The number of hydrogen-bond donors (Lipinski definition) is 0. The number of esters is 1. The molecule has 2 aromatic rings. The first-order valence-electron chi connectivity index (χ1n) is 5.70. The van der Waals surface area contributed by atoms with E-state index >= 15 is 0 Å². The van der Waals surface area contributed by atoms with Gasteiger partial charge in [-0.25, -0.2) is 9.18 Å². The van der Waals surface area contributed by atoms with Crippen molar-refractivity contribution in [1.29, 1.82) is 5.26 Å². The van der Waals surface area contributed by atoms with Gasteiger partial charge >= 0.3 is 5.97 Å². The van der Waals surface area contributed by atoms with E-state index in [9.17, 15) is 9.18 Å². The van der Waals surface area contributed by atoms with Crippen molar-refractivity contribution < 1.29 is 18.7 Å². The summed E-state index contributed by atoms with van der Waals surface area (Å²) < 4.78 is 23.4. The number of methoxy groups -OCH3 is 1. The summed E-state index contributed by atoms with van der Waals surface area (Å²) in [5.41, 5.74) is 0.212. The summed E-state index contributed by atoms with van der Waals surface area (Å²) in [5.74, 6) is -0.589. The Morgan fingerprint density at radius 3 is 2.50 bits per heavy atom. The molecule has 0 bridgehead atoms. The van der Waals surface area contributed by atoms with Crippen molar-refractivity contribution in [3.8, 4) is 17.6 Å². The van der Waals surface area contributed by atoms with Crippen LogP contribution in [0, 0.1) is 17.1 Å². The molecule has 0 atom stereocenters. The van der Waals surface area contributed by atoms with E-state index in [1.54, 1.807) is 6.07 Å². The highest BCUT2D eigenvalue weighted by Gasteiger charge is 2.10. The van der Waals surface area contributed by atoms with Crippen LogP contribution in [0.1, 0.15) is 15.9 Å². The van der Waals surface area contributed by atoms with Gasteiger partial charge in [0.15, 0.2) is 0 Å². The zero-order valence-electron chi connectivity index (χ0n) is 10.6. The molecule has 2 aromatic carbocycles. The maximum absolute atomic E-state index is 13.4. The summed E-state index contributed by atoms with van der Waals surface area (Å²) in [6, 6.07) is 12.0. The first-order chi connectivity index (χ1) is 9.65. The number of hydrogen-bond acceptors (Lipinski definition) is 4. The van der Waals surface area contributed by atoms with E-state index in [0.717, 1.165) is 0 Å². The molecule has 100 valence electrons. The lowest BCUT2D eigenvalue weighted by Gasteiger charge is -2.08. The number of ether oxygens (including phenoxy) is 2. The number of nitrogens with zero attached hydrogens (tertiary/aromatic N) is 1. The number of carbonyl (C=O) groups excluding carboxylic acids is 1. The second-order valence-corrected chi connectivity index (χ2v) is 3.84. The standard InChI is InChI=1S/C15H10FNO3/c1-19-15(18)10-5-7-11(8-6-10)20-14-4-2-3-13(16)12(14)9-17/h2-8H,1H3. The molecule has 0 aliphatic carbocycles. The van der Waals surface area contributed by atoms with Gasteiger partial charge in [-0.05, 0) is 36.4 Å². The van der Waals surface area contributed by atoms with E-state index < -0.39 is 11.8 Å². The summed E-state index contributed by atoms with van der Waals surface area (Å²) in [4.78, 5) is 11.3. The van der Waals surface area contributed by atoms with Crippen LogP contribution >= 0.6 is 0 Å².